The van der Waals surface area contributed by atoms with Crippen molar-refractivity contribution in [2.75, 3.05) is 29.1 Å². The van der Waals surface area contributed by atoms with Crippen LogP contribution in [0.5, 0.6) is 0 Å². The van der Waals surface area contributed by atoms with Gasteiger partial charge in [-0.15, -0.1) is 21.5 Å². The summed E-state index contributed by atoms with van der Waals surface area (Å²) >= 11 is 3.12. The highest BCUT2D eigenvalue weighted by Crippen LogP contribution is 2.23. The zero-order valence-electron chi connectivity index (χ0n) is 16.5. The van der Waals surface area contributed by atoms with Crippen LogP contribution in [0.1, 0.15) is 30.0 Å². The lowest BCUT2D eigenvalue weighted by Crippen LogP contribution is -2.29. The molecule has 2 aromatic heterocycles. The summed E-state index contributed by atoms with van der Waals surface area (Å²) < 4.78 is 1.96. The van der Waals surface area contributed by atoms with Gasteiger partial charge in [0.1, 0.15) is 5.82 Å². The lowest BCUT2D eigenvalue weighted by Gasteiger charge is -2.28. The van der Waals surface area contributed by atoms with Gasteiger partial charge in [-0.3, -0.25) is 4.79 Å². The minimum absolute atomic E-state index is 0.0384. The highest BCUT2D eigenvalue weighted by atomic mass is 32.2. The number of aromatic nitrogens is 3. The van der Waals surface area contributed by atoms with Crippen LogP contribution in [0.2, 0.25) is 0 Å². The fourth-order valence-electron chi connectivity index (χ4n) is 3.43. The minimum atomic E-state index is -0.0384. The number of carbonyl (C=O) groups excluding carboxylic acids is 1. The van der Waals surface area contributed by atoms with Crippen LogP contribution >= 0.6 is 23.1 Å². The fourth-order valence-corrected chi connectivity index (χ4v) is 4.86. The maximum atomic E-state index is 12.3. The van der Waals surface area contributed by atoms with Gasteiger partial charge in [0, 0.05) is 42.8 Å². The van der Waals surface area contributed by atoms with Gasteiger partial charge in [-0.25, -0.2) is 0 Å². The Bertz CT molecular complexity index is 931. The van der Waals surface area contributed by atoms with E-state index in [1.807, 2.05) is 29.8 Å². The number of thiophene rings is 1. The Kier molecular flexibility index (Phi) is 6.51. The molecule has 1 aromatic carbocycles. The molecule has 29 heavy (non-hydrogen) atoms. The summed E-state index contributed by atoms with van der Waals surface area (Å²) in [6.45, 7) is 2.24. The Morgan fingerprint density at radius 1 is 1.14 bits per heavy atom. The van der Waals surface area contributed by atoms with E-state index < -0.39 is 0 Å². The van der Waals surface area contributed by atoms with Crippen LogP contribution < -0.4 is 10.2 Å². The normalized spacial score (nSPS) is 14.2. The first-order valence-corrected chi connectivity index (χ1v) is 11.7. The molecule has 0 aliphatic carbocycles. The van der Waals surface area contributed by atoms with Gasteiger partial charge in [0.15, 0.2) is 5.16 Å². The molecule has 0 saturated carbocycles. The van der Waals surface area contributed by atoms with E-state index in [0.717, 1.165) is 36.2 Å². The number of hydrogen-bond acceptors (Lipinski definition) is 6. The second-order valence-corrected chi connectivity index (χ2v) is 9.12. The maximum Gasteiger partial charge on any atom is 0.234 e. The number of nitrogens with zero attached hydrogens (tertiary/aromatic N) is 4. The molecule has 0 spiro atoms. The lowest BCUT2D eigenvalue weighted by molar-refractivity contribution is -0.113. The van der Waals surface area contributed by atoms with Crippen molar-refractivity contribution < 1.29 is 4.79 Å². The van der Waals surface area contributed by atoms with E-state index >= 15 is 0 Å². The van der Waals surface area contributed by atoms with Gasteiger partial charge in [0.2, 0.25) is 5.91 Å². The van der Waals surface area contributed by atoms with Crippen molar-refractivity contribution in [1.29, 1.82) is 0 Å². The summed E-state index contributed by atoms with van der Waals surface area (Å²) in [4.78, 5) is 16.0. The number of carbonyl (C=O) groups is 1. The number of benzene rings is 1. The van der Waals surface area contributed by atoms with Gasteiger partial charge in [-0.05, 0) is 55.0 Å². The predicted molar refractivity (Wildman–Crippen MR) is 120 cm³/mol. The Hall–Kier alpha value is -2.32. The third-order valence-corrected chi connectivity index (χ3v) is 6.94. The van der Waals surface area contributed by atoms with E-state index in [2.05, 4.69) is 44.0 Å². The topological polar surface area (TPSA) is 63.1 Å². The third-order valence-electron chi connectivity index (χ3n) is 5.04. The van der Waals surface area contributed by atoms with Gasteiger partial charge >= 0.3 is 0 Å². The summed E-state index contributed by atoms with van der Waals surface area (Å²) in [7, 11) is 1.95. The third kappa shape index (κ3) is 5.19. The van der Waals surface area contributed by atoms with Crippen LogP contribution in [0.15, 0.2) is 46.9 Å². The number of hydrogen-bond donors (Lipinski definition) is 1. The molecule has 0 bridgehead atoms. The number of thioether (sulfide) groups is 1. The second kappa shape index (κ2) is 9.45. The largest absolute Gasteiger partial charge is 0.372 e. The molecule has 3 heterocycles. The quantitative estimate of drug-likeness (QED) is 0.573. The first-order valence-electron chi connectivity index (χ1n) is 9.87. The predicted octanol–water partition coefficient (Wildman–Crippen LogP) is 4.19. The standard InChI is InChI=1S/C21H25N5OS2/c1-25-19(14-18-6-5-13-28-18)23-24-21(25)29-15-20(27)22-16-7-9-17(10-8-16)26-11-3-2-4-12-26/h5-10,13H,2-4,11-12,14-15H2,1H3,(H,22,27). The summed E-state index contributed by atoms with van der Waals surface area (Å²) in [5.74, 6) is 1.17. The number of rotatable bonds is 7. The first kappa shape index (κ1) is 20.0. The van der Waals surface area contributed by atoms with Gasteiger partial charge in [0.05, 0.1) is 5.75 Å². The minimum Gasteiger partial charge on any atom is -0.372 e. The first-order chi connectivity index (χ1) is 14.2. The zero-order valence-corrected chi connectivity index (χ0v) is 18.1. The molecule has 0 unspecified atom stereocenters. The van der Waals surface area contributed by atoms with Crippen molar-refractivity contribution in [3.05, 3.63) is 52.5 Å². The summed E-state index contributed by atoms with van der Waals surface area (Å²) in [6, 6.07) is 12.3. The smallest absolute Gasteiger partial charge is 0.234 e. The highest BCUT2D eigenvalue weighted by molar-refractivity contribution is 7.99. The van der Waals surface area contributed by atoms with Crippen molar-refractivity contribution in [2.24, 2.45) is 7.05 Å². The van der Waals surface area contributed by atoms with Crippen molar-refractivity contribution in [1.82, 2.24) is 14.8 Å². The highest BCUT2D eigenvalue weighted by Gasteiger charge is 2.13. The molecular formula is C21H25N5OS2. The van der Waals surface area contributed by atoms with E-state index in [0.29, 0.717) is 5.75 Å². The molecule has 0 atom stereocenters. The summed E-state index contributed by atoms with van der Waals surface area (Å²) in [5, 5.41) is 14.3. The number of nitrogens with one attached hydrogen (secondary N) is 1. The average Bonchev–Trinajstić information content (AvgIpc) is 3.38. The monoisotopic (exact) mass is 427 g/mol. The Morgan fingerprint density at radius 3 is 2.66 bits per heavy atom. The molecule has 0 radical (unpaired) electrons. The molecule has 1 amide bonds. The zero-order chi connectivity index (χ0) is 20.1. The molecule has 1 N–H and O–H groups in total. The molecule has 152 valence electrons. The molecule has 1 fully saturated rings. The van der Waals surface area contributed by atoms with Crippen molar-refractivity contribution in [2.45, 2.75) is 30.8 Å². The molecule has 1 aliphatic rings. The maximum absolute atomic E-state index is 12.3. The van der Waals surface area contributed by atoms with E-state index in [9.17, 15) is 4.79 Å². The molecule has 4 rings (SSSR count). The van der Waals surface area contributed by atoms with Crippen molar-refractivity contribution in [3.63, 3.8) is 0 Å². The molecular weight excluding hydrogens is 402 g/mol. The Morgan fingerprint density at radius 2 is 1.93 bits per heavy atom. The molecule has 1 saturated heterocycles. The Labute approximate surface area is 179 Å². The van der Waals surface area contributed by atoms with E-state index in [4.69, 9.17) is 0 Å². The fraction of sp³-hybridized carbons (Fsp3) is 0.381. The van der Waals surface area contributed by atoms with Crippen LogP contribution in [0, 0.1) is 0 Å². The number of anilines is 2. The van der Waals surface area contributed by atoms with Crippen LogP contribution in [0.4, 0.5) is 11.4 Å². The van der Waals surface area contributed by atoms with Crippen LogP contribution in [-0.2, 0) is 18.3 Å². The number of amides is 1. The molecule has 3 aromatic rings. The molecule has 8 heteroatoms. The average molecular weight is 428 g/mol. The van der Waals surface area contributed by atoms with E-state index in [1.54, 1.807) is 11.3 Å². The lowest BCUT2D eigenvalue weighted by atomic mass is 10.1. The van der Waals surface area contributed by atoms with Gasteiger partial charge in [-0.2, -0.15) is 0 Å². The van der Waals surface area contributed by atoms with Gasteiger partial charge in [-0.1, -0.05) is 17.8 Å². The van der Waals surface area contributed by atoms with Crippen LogP contribution in [0.25, 0.3) is 0 Å². The SMILES string of the molecule is Cn1c(Cc2cccs2)nnc1SCC(=O)Nc1ccc(N2CCCCC2)cc1. The Balaban J connectivity index is 1.28. The van der Waals surface area contributed by atoms with Gasteiger partial charge in [0.25, 0.3) is 0 Å². The van der Waals surface area contributed by atoms with Crippen LogP contribution in [-0.4, -0.2) is 39.5 Å². The summed E-state index contributed by atoms with van der Waals surface area (Å²) in [5.41, 5.74) is 2.06. The summed E-state index contributed by atoms with van der Waals surface area (Å²) in [6.07, 6.45) is 4.60. The van der Waals surface area contributed by atoms with Crippen LogP contribution in [0.3, 0.4) is 0 Å². The van der Waals surface area contributed by atoms with Crippen molar-refractivity contribution in [3.8, 4) is 0 Å². The second-order valence-electron chi connectivity index (χ2n) is 7.15. The number of piperidine rings is 1. The molecule has 1 aliphatic heterocycles. The van der Waals surface area contributed by atoms with E-state index in [-0.39, 0.29) is 5.91 Å². The molecule has 6 nitrogen and oxygen atoms in total. The van der Waals surface area contributed by atoms with E-state index in [1.165, 1.54) is 41.6 Å². The van der Waals surface area contributed by atoms with Gasteiger partial charge < -0.3 is 14.8 Å². The van der Waals surface area contributed by atoms with Crippen molar-refractivity contribution >= 4 is 40.4 Å².